The van der Waals surface area contributed by atoms with Crippen LogP contribution >= 0.6 is 0 Å². The molecule has 0 radical (unpaired) electrons. The fourth-order valence-corrected chi connectivity index (χ4v) is 2.21. The molecule has 4 heteroatoms. The van der Waals surface area contributed by atoms with Crippen LogP contribution in [-0.2, 0) is 11.2 Å². The van der Waals surface area contributed by atoms with Gasteiger partial charge in [0.1, 0.15) is 12.1 Å². The number of aromatic nitrogens is 2. The van der Waals surface area contributed by atoms with Crippen molar-refractivity contribution >= 4 is 5.82 Å². The number of aryl methyl sites for hydroxylation is 1. The quantitative estimate of drug-likeness (QED) is 0.870. The molecule has 1 N–H and O–H groups in total. The number of anilines is 1. The van der Waals surface area contributed by atoms with E-state index >= 15 is 0 Å². The molecule has 2 rings (SSSR count). The van der Waals surface area contributed by atoms with Crippen LogP contribution < -0.4 is 5.32 Å². The summed E-state index contributed by atoms with van der Waals surface area (Å²) in [7, 11) is 0. The Morgan fingerprint density at radius 2 is 2.35 bits per heavy atom. The summed E-state index contributed by atoms with van der Waals surface area (Å²) in [6.45, 7) is 5.12. The fraction of sp³-hybridized carbons (Fsp3) is 0.692. The highest BCUT2D eigenvalue weighted by Crippen LogP contribution is 2.17. The van der Waals surface area contributed by atoms with Crippen molar-refractivity contribution < 1.29 is 4.74 Å². The Kier molecular flexibility index (Phi) is 4.31. The Morgan fingerprint density at radius 1 is 1.47 bits per heavy atom. The SMILES string of the molecule is CCCc1cc(NC2CCOC(C)C2)ncn1. The van der Waals surface area contributed by atoms with Crippen LogP contribution in [0.4, 0.5) is 5.82 Å². The van der Waals surface area contributed by atoms with E-state index < -0.39 is 0 Å². The van der Waals surface area contributed by atoms with Gasteiger partial charge in [0.25, 0.3) is 0 Å². The molecule has 4 nitrogen and oxygen atoms in total. The van der Waals surface area contributed by atoms with Crippen molar-refractivity contribution in [2.45, 2.75) is 51.7 Å². The lowest BCUT2D eigenvalue weighted by Crippen LogP contribution is -2.32. The molecule has 1 aliphatic heterocycles. The summed E-state index contributed by atoms with van der Waals surface area (Å²) in [6, 6.07) is 2.53. The van der Waals surface area contributed by atoms with Crippen LogP contribution in [-0.4, -0.2) is 28.7 Å². The predicted molar refractivity (Wildman–Crippen MR) is 68.1 cm³/mol. The second-order valence-electron chi connectivity index (χ2n) is 4.69. The second kappa shape index (κ2) is 5.96. The van der Waals surface area contributed by atoms with E-state index in [0.29, 0.717) is 12.1 Å². The summed E-state index contributed by atoms with van der Waals surface area (Å²) in [5.74, 6) is 0.947. The molecule has 94 valence electrons. The molecule has 2 atom stereocenters. The van der Waals surface area contributed by atoms with Gasteiger partial charge >= 0.3 is 0 Å². The first kappa shape index (κ1) is 12.3. The van der Waals surface area contributed by atoms with Gasteiger partial charge in [-0.15, -0.1) is 0 Å². The molecule has 0 spiro atoms. The largest absolute Gasteiger partial charge is 0.378 e. The summed E-state index contributed by atoms with van der Waals surface area (Å²) in [5.41, 5.74) is 1.12. The molecule has 0 bridgehead atoms. The maximum atomic E-state index is 5.54. The van der Waals surface area contributed by atoms with Crippen molar-refractivity contribution in [1.29, 1.82) is 0 Å². The highest BCUT2D eigenvalue weighted by molar-refractivity contribution is 5.36. The van der Waals surface area contributed by atoms with Crippen molar-refractivity contribution in [1.82, 2.24) is 9.97 Å². The predicted octanol–water partition coefficient (Wildman–Crippen LogP) is 2.41. The molecular formula is C13H21N3O. The number of ether oxygens (including phenoxy) is 1. The van der Waals surface area contributed by atoms with Crippen LogP contribution in [0.25, 0.3) is 0 Å². The standard InChI is InChI=1S/C13H21N3O/c1-3-4-11-8-13(15-9-14-11)16-12-5-6-17-10(2)7-12/h8-10,12H,3-7H2,1-2H3,(H,14,15,16). The summed E-state index contributed by atoms with van der Waals surface area (Å²) < 4.78 is 5.54. The van der Waals surface area contributed by atoms with E-state index in [0.717, 1.165) is 43.8 Å². The zero-order valence-electron chi connectivity index (χ0n) is 10.6. The average Bonchev–Trinajstić information content (AvgIpc) is 2.30. The van der Waals surface area contributed by atoms with Crippen LogP contribution in [0, 0.1) is 0 Å². The van der Waals surface area contributed by atoms with E-state index in [-0.39, 0.29) is 0 Å². The lowest BCUT2D eigenvalue weighted by atomic mass is 10.0. The Morgan fingerprint density at radius 3 is 3.12 bits per heavy atom. The van der Waals surface area contributed by atoms with Gasteiger partial charge in [-0.2, -0.15) is 0 Å². The van der Waals surface area contributed by atoms with Crippen LogP contribution in [0.5, 0.6) is 0 Å². The second-order valence-corrected chi connectivity index (χ2v) is 4.69. The topological polar surface area (TPSA) is 47.0 Å². The van der Waals surface area contributed by atoms with Crippen molar-refractivity contribution in [3.8, 4) is 0 Å². The number of hydrogen-bond acceptors (Lipinski definition) is 4. The van der Waals surface area contributed by atoms with Gasteiger partial charge in [0.05, 0.1) is 6.10 Å². The van der Waals surface area contributed by atoms with E-state index in [9.17, 15) is 0 Å². The first-order valence-electron chi connectivity index (χ1n) is 6.47. The van der Waals surface area contributed by atoms with Crippen molar-refractivity contribution in [2.24, 2.45) is 0 Å². The zero-order chi connectivity index (χ0) is 12.1. The van der Waals surface area contributed by atoms with Crippen molar-refractivity contribution in [3.63, 3.8) is 0 Å². The van der Waals surface area contributed by atoms with Crippen molar-refractivity contribution in [2.75, 3.05) is 11.9 Å². The molecular weight excluding hydrogens is 214 g/mol. The summed E-state index contributed by atoms with van der Waals surface area (Å²) >= 11 is 0. The molecule has 2 unspecified atom stereocenters. The summed E-state index contributed by atoms with van der Waals surface area (Å²) in [6.07, 6.45) is 6.23. The minimum Gasteiger partial charge on any atom is -0.378 e. The van der Waals surface area contributed by atoms with E-state index in [1.807, 2.05) is 0 Å². The Bertz CT molecular complexity index is 356. The smallest absolute Gasteiger partial charge is 0.129 e. The van der Waals surface area contributed by atoms with Gasteiger partial charge in [-0.25, -0.2) is 9.97 Å². The molecule has 17 heavy (non-hydrogen) atoms. The van der Waals surface area contributed by atoms with Crippen molar-refractivity contribution in [3.05, 3.63) is 18.1 Å². The van der Waals surface area contributed by atoms with Crippen LogP contribution in [0.2, 0.25) is 0 Å². The van der Waals surface area contributed by atoms with E-state index in [4.69, 9.17) is 4.74 Å². The molecule has 0 saturated carbocycles. The Hall–Kier alpha value is -1.16. The number of nitrogens with one attached hydrogen (secondary N) is 1. The molecule has 1 aliphatic rings. The molecule has 0 aromatic carbocycles. The van der Waals surface area contributed by atoms with Crippen LogP contribution in [0.1, 0.15) is 38.8 Å². The van der Waals surface area contributed by atoms with Gasteiger partial charge < -0.3 is 10.1 Å². The van der Waals surface area contributed by atoms with Gasteiger partial charge in [-0.3, -0.25) is 0 Å². The highest BCUT2D eigenvalue weighted by atomic mass is 16.5. The third-order valence-corrected chi connectivity index (χ3v) is 3.07. The molecule has 1 aromatic rings. The number of hydrogen-bond donors (Lipinski definition) is 1. The van der Waals surface area contributed by atoms with E-state index in [1.54, 1.807) is 6.33 Å². The molecule has 0 amide bonds. The van der Waals surface area contributed by atoms with Crippen LogP contribution in [0.15, 0.2) is 12.4 Å². The van der Waals surface area contributed by atoms with Gasteiger partial charge in [0.15, 0.2) is 0 Å². The van der Waals surface area contributed by atoms with Crippen LogP contribution in [0.3, 0.4) is 0 Å². The third kappa shape index (κ3) is 3.66. The van der Waals surface area contributed by atoms with Gasteiger partial charge in [-0.1, -0.05) is 13.3 Å². The molecule has 0 aliphatic carbocycles. The lowest BCUT2D eigenvalue weighted by Gasteiger charge is -2.28. The van der Waals surface area contributed by atoms with Gasteiger partial charge in [-0.05, 0) is 26.2 Å². The average molecular weight is 235 g/mol. The summed E-state index contributed by atoms with van der Waals surface area (Å²) in [5, 5.41) is 3.48. The van der Waals surface area contributed by atoms with E-state index in [1.165, 1.54) is 0 Å². The minimum absolute atomic E-state index is 0.346. The number of rotatable bonds is 4. The molecule has 1 fully saturated rings. The third-order valence-electron chi connectivity index (χ3n) is 3.07. The zero-order valence-corrected chi connectivity index (χ0v) is 10.6. The van der Waals surface area contributed by atoms with Gasteiger partial charge in [0.2, 0.25) is 0 Å². The Labute approximate surface area is 103 Å². The van der Waals surface area contributed by atoms with Gasteiger partial charge in [0, 0.05) is 24.4 Å². The van der Waals surface area contributed by atoms with E-state index in [2.05, 4.69) is 35.2 Å². The fourth-order valence-electron chi connectivity index (χ4n) is 2.21. The summed E-state index contributed by atoms with van der Waals surface area (Å²) in [4.78, 5) is 8.54. The maximum absolute atomic E-state index is 5.54. The molecule has 1 saturated heterocycles. The highest BCUT2D eigenvalue weighted by Gasteiger charge is 2.19. The monoisotopic (exact) mass is 235 g/mol. The number of nitrogens with zero attached hydrogens (tertiary/aromatic N) is 2. The molecule has 2 heterocycles. The maximum Gasteiger partial charge on any atom is 0.129 e. The Balaban J connectivity index is 1.95. The first-order valence-corrected chi connectivity index (χ1v) is 6.47. The molecule has 1 aromatic heterocycles. The lowest BCUT2D eigenvalue weighted by molar-refractivity contribution is 0.0232. The minimum atomic E-state index is 0.346. The normalized spacial score (nSPS) is 24.6. The first-order chi connectivity index (χ1) is 8.28.